The van der Waals surface area contributed by atoms with Crippen LogP contribution >= 0.6 is 15.9 Å². The Hall–Kier alpha value is -0.650. The first-order valence-corrected chi connectivity index (χ1v) is 8.59. The van der Waals surface area contributed by atoms with E-state index in [2.05, 4.69) is 45.1 Å². The van der Waals surface area contributed by atoms with Crippen LogP contribution in [0.25, 0.3) is 6.08 Å². The molecule has 0 aromatic heterocycles. The number of hydrogen-bond donors (Lipinski definition) is 0. The second-order valence-corrected chi connectivity index (χ2v) is 7.98. The molecule has 0 N–H and O–H groups in total. The molecule has 1 aromatic carbocycles. The Morgan fingerprint density at radius 3 is 2.67 bits per heavy atom. The zero-order valence-corrected chi connectivity index (χ0v) is 12.2. The molecule has 1 aromatic rings. The van der Waals surface area contributed by atoms with E-state index >= 15 is 0 Å². The summed E-state index contributed by atoms with van der Waals surface area (Å²) in [5, 5.41) is 0. The van der Waals surface area contributed by atoms with E-state index in [0.717, 1.165) is 4.47 Å². The summed E-state index contributed by atoms with van der Waals surface area (Å²) in [6.07, 6.45) is 4.28. The Morgan fingerprint density at radius 1 is 1.22 bits per heavy atom. The molecule has 3 rings (SSSR count). The molecule has 18 heavy (non-hydrogen) atoms. The lowest BCUT2D eigenvalue weighted by atomic mass is 10.1. The molecule has 0 saturated carbocycles. The van der Waals surface area contributed by atoms with Gasteiger partial charge in [0.25, 0.3) is 0 Å². The summed E-state index contributed by atoms with van der Waals surface area (Å²) < 4.78 is 24.0. The Labute approximate surface area is 116 Å². The highest BCUT2D eigenvalue weighted by atomic mass is 79.9. The quantitative estimate of drug-likeness (QED) is 0.793. The van der Waals surface area contributed by atoms with Gasteiger partial charge < -0.3 is 0 Å². The first-order valence-electron chi connectivity index (χ1n) is 5.97. The smallest absolute Gasteiger partial charge is 0.152 e. The molecule has 5 heteroatoms. The van der Waals surface area contributed by atoms with Crippen molar-refractivity contribution >= 4 is 31.8 Å². The number of halogens is 1. The van der Waals surface area contributed by atoms with Crippen molar-refractivity contribution in [3.63, 3.8) is 0 Å². The number of fused-ring (bicyclic) bond motifs is 1. The van der Waals surface area contributed by atoms with Crippen molar-refractivity contribution in [3.05, 3.63) is 39.9 Å². The van der Waals surface area contributed by atoms with Gasteiger partial charge >= 0.3 is 0 Å². The van der Waals surface area contributed by atoms with E-state index in [1.807, 2.05) is 6.07 Å². The van der Waals surface area contributed by atoms with E-state index in [-0.39, 0.29) is 17.5 Å². The van der Waals surface area contributed by atoms with Crippen LogP contribution in [0.4, 0.5) is 0 Å². The third-order valence-electron chi connectivity index (χ3n) is 3.60. The molecule has 1 atom stereocenters. The molecular formula is C13H14BrNO2S. The van der Waals surface area contributed by atoms with Crippen LogP contribution < -0.4 is 0 Å². The minimum atomic E-state index is -2.80. The summed E-state index contributed by atoms with van der Waals surface area (Å²) in [5.41, 5.74) is 2.50. The molecule has 1 fully saturated rings. The molecule has 2 aliphatic rings. The standard InChI is InChI=1S/C13H14BrNO2S/c14-11-2-3-12-10(9-11)1-4-13(12)15-5-7-18(16,17)8-6-15/h1-4,9,13H,5-8H2. The van der Waals surface area contributed by atoms with E-state index in [1.54, 1.807) is 0 Å². The highest BCUT2D eigenvalue weighted by molar-refractivity contribution is 9.10. The fourth-order valence-corrected chi connectivity index (χ4v) is 4.19. The number of sulfone groups is 1. The van der Waals surface area contributed by atoms with Crippen molar-refractivity contribution in [2.45, 2.75) is 6.04 Å². The van der Waals surface area contributed by atoms with E-state index in [1.165, 1.54) is 11.1 Å². The maximum absolute atomic E-state index is 11.5. The SMILES string of the molecule is O=S1(=O)CCN(C2C=Cc3cc(Br)ccc32)CC1. The van der Waals surface area contributed by atoms with E-state index in [4.69, 9.17) is 0 Å². The molecule has 1 heterocycles. The molecule has 1 saturated heterocycles. The van der Waals surface area contributed by atoms with Crippen LogP contribution in [0.15, 0.2) is 28.7 Å². The van der Waals surface area contributed by atoms with Crippen LogP contribution in [0, 0.1) is 0 Å². The van der Waals surface area contributed by atoms with Gasteiger partial charge in [0.1, 0.15) is 0 Å². The van der Waals surface area contributed by atoms with Crippen molar-refractivity contribution in [2.75, 3.05) is 24.6 Å². The number of rotatable bonds is 1. The molecule has 1 aliphatic heterocycles. The second-order valence-electron chi connectivity index (χ2n) is 4.76. The van der Waals surface area contributed by atoms with Crippen molar-refractivity contribution in [1.29, 1.82) is 0 Å². The van der Waals surface area contributed by atoms with Gasteiger partial charge in [0.2, 0.25) is 0 Å². The summed E-state index contributed by atoms with van der Waals surface area (Å²) in [4.78, 5) is 2.25. The van der Waals surface area contributed by atoms with Crippen molar-refractivity contribution in [3.8, 4) is 0 Å². The highest BCUT2D eigenvalue weighted by Gasteiger charge is 2.29. The molecule has 1 unspecified atom stereocenters. The third-order valence-corrected chi connectivity index (χ3v) is 5.70. The fraction of sp³-hybridized carbons (Fsp3) is 0.385. The number of hydrogen-bond acceptors (Lipinski definition) is 3. The maximum atomic E-state index is 11.5. The van der Waals surface area contributed by atoms with Crippen LogP contribution in [0.3, 0.4) is 0 Å². The van der Waals surface area contributed by atoms with Crippen molar-refractivity contribution < 1.29 is 8.42 Å². The molecule has 3 nitrogen and oxygen atoms in total. The predicted octanol–water partition coefficient (Wildman–Crippen LogP) is 2.25. The van der Waals surface area contributed by atoms with Crippen molar-refractivity contribution in [1.82, 2.24) is 4.90 Å². The maximum Gasteiger partial charge on any atom is 0.152 e. The highest BCUT2D eigenvalue weighted by Crippen LogP contribution is 2.34. The molecule has 96 valence electrons. The summed E-state index contributed by atoms with van der Waals surface area (Å²) in [6.45, 7) is 1.26. The first-order chi connectivity index (χ1) is 8.55. The van der Waals surface area contributed by atoms with Gasteiger partial charge in [0.05, 0.1) is 17.5 Å². The van der Waals surface area contributed by atoms with Crippen molar-refractivity contribution in [2.24, 2.45) is 0 Å². The zero-order chi connectivity index (χ0) is 12.8. The lowest BCUT2D eigenvalue weighted by Gasteiger charge is -2.31. The number of benzene rings is 1. The second kappa shape index (κ2) is 4.47. The lowest BCUT2D eigenvalue weighted by molar-refractivity contribution is 0.253. The molecule has 1 aliphatic carbocycles. The zero-order valence-electron chi connectivity index (χ0n) is 9.84. The molecular weight excluding hydrogens is 314 g/mol. The van der Waals surface area contributed by atoms with Gasteiger partial charge in [0.15, 0.2) is 9.84 Å². The summed E-state index contributed by atoms with van der Waals surface area (Å²) in [6, 6.07) is 6.50. The molecule has 0 amide bonds. The Balaban J connectivity index is 1.83. The van der Waals surface area contributed by atoms with E-state index < -0.39 is 9.84 Å². The van der Waals surface area contributed by atoms with E-state index in [9.17, 15) is 8.42 Å². The lowest BCUT2D eigenvalue weighted by Crippen LogP contribution is -2.41. The monoisotopic (exact) mass is 327 g/mol. The summed E-state index contributed by atoms with van der Waals surface area (Å²) in [5.74, 6) is 0.562. The summed E-state index contributed by atoms with van der Waals surface area (Å²) >= 11 is 3.47. The van der Waals surface area contributed by atoms with Gasteiger partial charge in [-0.2, -0.15) is 0 Å². The number of nitrogens with zero attached hydrogens (tertiary/aromatic N) is 1. The first kappa shape index (κ1) is 12.4. The van der Waals surface area contributed by atoms with Gasteiger partial charge in [-0.05, 0) is 23.3 Å². The average molecular weight is 328 g/mol. The Morgan fingerprint density at radius 2 is 1.94 bits per heavy atom. The topological polar surface area (TPSA) is 37.4 Å². The van der Waals surface area contributed by atoms with Gasteiger partial charge in [-0.3, -0.25) is 4.90 Å². The minimum absolute atomic E-state index is 0.239. The van der Waals surface area contributed by atoms with Gasteiger partial charge in [-0.25, -0.2) is 8.42 Å². The van der Waals surface area contributed by atoms with Gasteiger partial charge in [0, 0.05) is 17.6 Å². The molecule has 0 bridgehead atoms. The Bertz CT molecular complexity index is 595. The third kappa shape index (κ3) is 2.27. The molecule has 0 spiro atoms. The fourth-order valence-electron chi connectivity index (χ4n) is 2.58. The van der Waals surface area contributed by atoms with Crippen LogP contribution in [0.2, 0.25) is 0 Å². The van der Waals surface area contributed by atoms with Crippen LogP contribution in [-0.4, -0.2) is 37.9 Å². The van der Waals surface area contributed by atoms with Gasteiger partial charge in [-0.1, -0.05) is 34.1 Å². The average Bonchev–Trinajstić information content (AvgIpc) is 2.72. The van der Waals surface area contributed by atoms with Gasteiger partial charge in [-0.15, -0.1) is 0 Å². The summed E-state index contributed by atoms with van der Waals surface area (Å²) in [7, 11) is -2.80. The molecule has 0 radical (unpaired) electrons. The van der Waals surface area contributed by atoms with Crippen LogP contribution in [-0.2, 0) is 9.84 Å². The van der Waals surface area contributed by atoms with Crippen LogP contribution in [0.1, 0.15) is 17.2 Å². The van der Waals surface area contributed by atoms with E-state index in [0.29, 0.717) is 13.1 Å². The predicted molar refractivity (Wildman–Crippen MR) is 76.1 cm³/mol. The minimum Gasteiger partial charge on any atom is -0.291 e. The largest absolute Gasteiger partial charge is 0.291 e. The Kier molecular flexibility index (Phi) is 3.08. The van der Waals surface area contributed by atoms with Crippen LogP contribution in [0.5, 0.6) is 0 Å². The normalized spacial score (nSPS) is 26.2.